The minimum Gasteiger partial charge on any atom is -0.462 e. The van der Waals surface area contributed by atoms with Gasteiger partial charge in [0.2, 0.25) is 0 Å². The molecule has 1 aliphatic heterocycles. The Morgan fingerprint density at radius 3 is 2.78 bits per heavy atom. The predicted molar refractivity (Wildman–Crippen MR) is 93.2 cm³/mol. The zero-order valence-corrected chi connectivity index (χ0v) is 14.7. The van der Waals surface area contributed by atoms with E-state index in [0.29, 0.717) is 0 Å². The zero-order chi connectivity index (χ0) is 16.7. The second kappa shape index (κ2) is 9.04. The molecule has 0 saturated carbocycles. The summed E-state index contributed by atoms with van der Waals surface area (Å²) in [6, 6.07) is 10.3. The van der Waals surface area contributed by atoms with Crippen LogP contribution in [0.3, 0.4) is 0 Å². The van der Waals surface area contributed by atoms with Crippen molar-refractivity contribution in [3.05, 3.63) is 35.9 Å². The van der Waals surface area contributed by atoms with Gasteiger partial charge in [0.25, 0.3) is 0 Å². The minimum atomic E-state index is -0.0773. The number of nitrogens with zero attached hydrogens (tertiary/aromatic N) is 2. The second-order valence-corrected chi connectivity index (χ2v) is 6.81. The van der Waals surface area contributed by atoms with E-state index < -0.39 is 0 Å². The fourth-order valence-corrected chi connectivity index (χ4v) is 3.13. The summed E-state index contributed by atoms with van der Waals surface area (Å²) >= 11 is 0. The number of likely N-dealkylation sites (tertiary alicyclic amines) is 1. The first-order valence-electron chi connectivity index (χ1n) is 8.69. The van der Waals surface area contributed by atoms with Crippen molar-refractivity contribution in [3.63, 3.8) is 0 Å². The monoisotopic (exact) mass is 318 g/mol. The Balaban J connectivity index is 1.80. The van der Waals surface area contributed by atoms with Gasteiger partial charge in [0.1, 0.15) is 6.04 Å². The van der Waals surface area contributed by atoms with Crippen molar-refractivity contribution in [3.8, 4) is 0 Å². The molecule has 1 fully saturated rings. The Morgan fingerprint density at radius 2 is 2.09 bits per heavy atom. The summed E-state index contributed by atoms with van der Waals surface area (Å²) in [5.41, 5.74) is 1.26. The molecule has 128 valence electrons. The highest BCUT2D eigenvalue weighted by Crippen LogP contribution is 2.22. The smallest absolute Gasteiger partial charge is 0.323 e. The fraction of sp³-hybridized carbons (Fsp3) is 0.632. The van der Waals surface area contributed by atoms with Crippen LogP contribution < -0.4 is 0 Å². The van der Waals surface area contributed by atoms with Gasteiger partial charge >= 0.3 is 5.97 Å². The lowest BCUT2D eigenvalue weighted by Crippen LogP contribution is -2.38. The van der Waals surface area contributed by atoms with E-state index in [0.717, 1.165) is 45.3 Å². The number of benzene rings is 1. The summed E-state index contributed by atoms with van der Waals surface area (Å²) in [6.07, 6.45) is 3.97. The van der Waals surface area contributed by atoms with Gasteiger partial charge in [0.15, 0.2) is 0 Å². The van der Waals surface area contributed by atoms with Gasteiger partial charge in [-0.3, -0.25) is 9.69 Å². The van der Waals surface area contributed by atoms with Crippen molar-refractivity contribution in [2.75, 3.05) is 27.2 Å². The van der Waals surface area contributed by atoms with E-state index in [1.165, 1.54) is 5.56 Å². The first kappa shape index (κ1) is 18.0. The first-order chi connectivity index (χ1) is 11.1. The van der Waals surface area contributed by atoms with E-state index in [-0.39, 0.29) is 18.1 Å². The molecule has 23 heavy (non-hydrogen) atoms. The largest absolute Gasteiger partial charge is 0.462 e. The van der Waals surface area contributed by atoms with Crippen LogP contribution in [0, 0.1) is 0 Å². The summed E-state index contributed by atoms with van der Waals surface area (Å²) in [7, 11) is 4.13. The summed E-state index contributed by atoms with van der Waals surface area (Å²) in [6.45, 7) is 4.84. The highest BCUT2D eigenvalue weighted by atomic mass is 16.5. The quantitative estimate of drug-likeness (QED) is 0.690. The number of hydrogen-bond donors (Lipinski definition) is 0. The lowest BCUT2D eigenvalue weighted by atomic mass is 10.1. The van der Waals surface area contributed by atoms with Crippen LogP contribution in [0.15, 0.2) is 30.3 Å². The maximum Gasteiger partial charge on any atom is 0.323 e. The number of carbonyl (C=O) groups is 1. The van der Waals surface area contributed by atoms with Gasteiger partial charge in [-0.05, 0) is 65.4 Å². The van der Waals surface area contributed by atoms with Crippen molar-refractivity contribution in [2.24, 2.45) is 0 Å². The van der Waals surface area contributed by atoms with Gasteiger partial charge in [0, 0.05) is 6.54 Å². The Morgan fingerprint density at radius 1 is 1.35 bits per heavy atom. The minimum absolute atomic E-state index is 0.00150. The van der Waals surface area contributed by atoms with Gasteiger partial charge in [-0.1, -0.05) is 30.3 Å². The molecule has 1 heterocycles. The molecule has 0 radical (unpaired) electrons. The molecular weight excluding hydrogens is 288 g/mol. The second-order valence-electron chi connectivity index (χ2n) is 6.81. The zero-order valence-electron chi connectivity index (χ0n) is 14.7. The lowest BCUT2D eigenvalue weighted by Gasteiger charge is -2.25. The molecule has 0 unspecified atom stereocenters. The highest BCUT2D eigenvalue weighted by molar-refractivity contribution is 5.76. The number of hydrogen-bond acceptors (Lipinski definition) is 4. The van der Waals surface area contributed by atoms with Crippen LogP contribution in [0.1, 0.15) is 38.2 Å². The van der Waals surface area contributed by atoms with Crippen molar-refractivity contribution >= 4 is 5.97 Å². The van der Waals surface area contributed by atoms with Crippen LogP contribution in [0.2, 0.25) is 0 Å². The van der Waals surface area contributed by atoms with E-state index in [1.807, 2.05) is 25.1 Å². The highest BCUT2D eigenvalue weighted by Gasteiger charge is 2.32. The maximum atomic E-state index is 12.5. The average molecular weight is 318 g/mol. The average Bonchev–Trinajstić information content (AvgIpc) is 2.96. The molecule has 1 saturated heterocycles. The normalized spacial score (nSPS) is 19.9. The molecule has 1 aliphatic rings. The Bertz CT molecular complexity index is 476. The molecule has 0 aliphatic carbocycles. The fourth-order valence-electron chi connectivity index (χ4n) is 3.13. The van der Waals surface area contributed by atoms with Crippen LogP contribution in [0.5, 0.6) is 0 Å². The molecule has 2 atom stereocenters. The van der Waals surface area contributed by atoms with Crippen molar-refractivity contribution in [2.45, 2.75) is 51.3 Å². The van der Waals surface area contributed by atoms with Crippen LogP contribution in [0.4, 0.5) is 0 Å². The SMILES string of the molecule is C[C@H](CCCN(C)C)OC(=O)[C@H]1CCCN1Cc1ccccc1. The van der Waals surface area contributed by atoms with E-state index >= 15 is 0 Å². The molecule has 0 bridgehead atoms. The third kappa shape index (κ3) is 5.96. The Hall–Kier alpha value is -1.39. The van der Waals surface area contributed by atoms with Gasteiger partial charge in [0.05, 0.1) is 6.10 Å². The Kier molecular flexibility index (Phi) is 7.06. The molecule has 1 aromatic carbocycles. The standard InChI is InChI=1S/C19H30N2O2/c1-16(9-7-13-20(2)3)23-19(22)18-12-8-14-21(18)15-17-10-5-4-6-11-17/h4-6,10-11,16,18H,7-9,12-15H2,1-3H3/t16-,18-/m1/s1. The van der Waals surface area contributed by atoms with E-state index in [4.69, 9.17) is 4.74 Å². The third-order valence-corrected chi connectivity index (χ3v) is 4.40. The third-order valence-electron chi connectivity index (χ3n) is 4.40. The van der Waals surface area contributed by atoms with Crippen molar-refractivity contribution in [1.82, 2.24) is 9.80 Å². The van der Waals surface area contributed by atoms with Gasteiger partial charge in [-0.25, -0.2) is 0 Å². The summed E-state index contributed by atoms with van der Waals surface area (Å²) in [5, 5.41) is 0. The van der Waals surface area contributed by atoms with E-state index in [9.17, 15) is 4.79 Å². The number of esters is 1. The van der Waals surface area contributed by atoms with Crippen LogP contribution in [0.25, 0.3) is 0 Å². The molecule has 0 spiro atoms. The summed E-state index contributed by atoms with van der Waals surface area (Å²) in [5.74, 6) is -0.0456. The first-order valence-corrected chi connectivity index (χ1v) is 8.69. The molecule has 4 nitrogen and oxygen atoms in total. The molecule has 0 aromatic heterocycles. The number of ether oxygens (including phenoxy) is 1. The molecule has 1 aromatic rings. The lowest BCUT2D eigenvalue weighted by molar-refractivity contribution is -0.154. The van der Waals surface area contributed by atoms with Crippen LogP contribution in [-0.4, -0.2) is 55.1 Å². The van der Waals surface area contributed by atoms with E-state index in [1.54, 1.807) is 0 Å². The van der Waals surface area contributed by atoms with Crippen molar-refractivity contribution in [1.29, 1.82) is 0 Å². The van der Waals surface area contributed by atoms with Crippen LogP contribution in [-0.2, 0) is 16.1 Å². The van der Waals surface area contributed by atoms with Gasteiger partial charge in [-0.2, -0.15) is 0 Å². The topological polar surface area (TPSA) is 32.8 Å². The van der Waals surface area contributed by atoms with E-state index in [2.05, 4.69) is 36.0 Å². The van der Waals surface area contributed by atoms with Gasteiger partial charge in [-0.15, -0.1) is 0 Å². The molecule has 0 amide bonds. The molecule has 0 N–H and O–H groups in total. The predicted octanol–water partition coefficient (Wildman–Crippen LogP) is 2.92. The number of rotatable bonds is 8. The molecule has 2 rings (SSSR count). The Labute approximate surface area is 140 Å². The maximum absolute atomic E-state index is 12.5. The molecular formula is C19H30N2O2. The number of carbonyl (C=O) groups excluding carboxylic acids is 1. The van der Waals surface area contributed by atoms with Gasteiger partial charge < -0.3 is 9.64 Å². The van der Waals surface area contributed by atoms with Crippen LogP contribution >= 0.6 is 0 Å². The molecule has 4 heteroatoms. The van der Waals surface area contributed by atoms with Crippen molar-refractivity contribution < 1.29 is 9.53 Å². The summed E-state index contributed by atoms with van der Waals surface area (Å²) in [4.78, 5) is 16.9. The summed E-state index contributed by atoms with van der Waals surface area (Å²) < 4.78 is 5.68.